The number of imidazole rings is 1. The lowest BCUT2D eigenvalue weighted by Gasteiger charge is -2.26. The third-order valence-corrected chi connectivity index (χ3v) is 7.47. The average molecular weight is 424 g/mol. The number of hydrogen-bond donors (Lipinski definition) is 1. The van der Waals surface area contributed by atoms with Gasteiger partial charge < -0.3 is 9.88 Å². The predicted molar refractivity (Wildman–Crippen MR) is 125 cm³/mol. The molecule has 0 atom stereocenters. The van der Waals surface area contributed by atoms with Crippen LogP contribution in [-0.2, 0) is 6.42 Å². The van der Waals surface area contributed by atoms with Crippen LogP contribution in [0.15, 0.2) is 35.7 Å². The highest BCUT2D eigenvalue weighted by molar-refractivity contribution is 7.09. The van der Waals surface area contributed by atoms with Crippen LogP contribution in [0.4, 0.5) is 0 Å². The molecule has 1 N–H and O–H groups in total. The van der Waals surface area contributed by atoms with Crippen LogP contribution >= 0.6 is 11.3 Å². The number of benzene rings is 1. The van der Waals surface area contributed by atoms with Crippen LogP contribution in [0.2, 0.25) is 0 Å². The van der Waals surface area contributed by atoms with E-state index in [9.17, 15) is 4.79 Å². The second-order valence-corrected chi connectivity index (χ2v) is 9.79. The molecule has 30 heavy (non-hydrogen) atoms. The van der Waals surface area contributed by atoms with Gasteiger partial charge in [-0.05, 0) is 74.1 Å². The van der Waals surface area contributed by atoms with Crippen LogP contribution < -0.4 is 5.32 Å². The lowest BCUT2D eigenvalue weighted by Crippen LogP contribution is -2.37. The Labute approximate surface area is 183 Å². The van der Waals surface area contributed by atoms with E-state index in [-0.39, 0.29) is 5.91 Å². The molecule has 1 amide bonds. The molecular formula is C25H33N3OS. The van der Waals surface area contributed by atoms with Gasteiger partial charge in [-0.1, -0.05) is 26.8 Å². The molecule has 2 heterocycles. The monoisotopic (exact) mass is 423 g/mol. The third-order valence-electron chi connectivity index (χ3n) is 6.60. The number of aromatic nitrogens is 2. The maximum absolute atomic E-state index is 12.9. The van der Waals surface area contributed by atoms with Gasteiger partial charge in [0.05, 0.1) is 11.0 Å². The molecular weight excluding hydrogens is 390 g/mol. The number of carbonyl (C=O) groups is 1. The molecule has 5 heteroatoms. The lowest BCUT2D eigenvalue weighted by atomic mass is 9.87. The molecule has 0 aliphatic heterocycles. The first kappa shape index (κ1) is 21.1. The largest absolute Gasteiger partial charge is 0.349 e. The number of nitrogens with one attached hydrogen (secondary N) is 1. The smallest absolute Gasteiger partial charge is 0.251 e. The lowest BCUT2D eigenvalue weighted by molar-refractivity contribution is 0.0923. The quantitative estimate of drug-likeness (QED) is 0.481. The summed E-state index contributed by atoms with van der Waals surface area (Å²) >= 11 is 1.77. The number of carbonyl (C=O) groups excluding carboxylic acids is 1. The molecule has 0 unspecified atom stereocenters. The SMILES string of the molecule is CCC(CC)n1c(Cc2cccs2)nc2cc(C(=O)NC3CCC(C)CC3)ccc21. The van der Waals surface area contributed by atoms with Gasteiger partial charge in [0, 0.05) is 28.9 Å². The van der Waals surface area contributed by atoms with Gasteiger partial charge in [0.1, 0.15) is 5.82 Å². The highest BCUT2D eigenvalue weighted by Crippen LogP contribution is 2.29. The second-order valence-electron chi connectivity index (χ2n) is 8.76. The van der Waals surface area contributed by atoms with Gasteiger partial charge in [0.2, 0.25) is 0 Å². The highest BCUT2D eigenvalue weighted by atomic mass is 32.1. The van der Waals surface area contributed by atoms with Crippen molar-refractivity contribution in [3.8, 4) is 0 Å². The van der Waals surface area contributed by atoms with Crippen LogP contribution in [-0.4, -0.2) is 21.5 Å². The zero-order chi connectivity index (χ0) is 21.1. The molecule has 1 aliphatic carbocycles. The summed E-state index contributed by atoms with van der Waals surface area (Å²) in [5.41, 5.74) is 2.79. The summed E-state index contributed by atoms with van der Waals surface area (Å²) in [5, 5.41) is 5.37. The minimum absolute atomic E-state index is 0.0355. The van der Waals surface area contributed by atoms with Gasteiger partial charge >= 0.3 is 0 Å². The van der Waals surface area contributed by atoms with Crippen molar-refractivity contribution in [3.63, 3.8) is 0 Å². The van der Waals surface area contributed by atoms with E-state index in [0.717, 1.165) is 60.4 Å². The minimum atomic E-state index is 0.0355. The number of fused-ring (bicyclic) bond motifs is 1. The molecule has 2 aromatic heterocycles. The molecule has 4 rings (SSSR count). The van der Waals surface area contributed by atoms with E-state index < -0.39 is 0 Å². The van der Waals surface area contributed by atoms with E-state index in [1.54, 1.807) is 11.3 Å². The summed E-state index contributed by atoms with van der Waals surface area (Å²) in [4.78, 5) is 19.2. The van der Waals surface area contributed by atoms with Gasteiger partial charge in [-0.15, -0.1) is 11.3 Å². The Bertz CT molecular complexity index is 979. The second kappa shape index (κ2) is 9.34. The molecule has 3 aromatic rings. The van der Waals surface area contributed by atoms with Crippen molar-refractivity contribution in [1.29, 1.82) is 0 Å². The van der Waals surface area contributed by atoms with E-state index in [1.165, 1.54) is 17.7 Å². The Morgan fingerprint density at radius 3 is 2.63 bits per heavy atom. The van der Waals surface area contributed by atoms with E-state index in [1.807, 2.05) is 12.1 Å². The van der Waals surface area contributed by atoms with E-state index in [4.69, 9.17) is 4.98 Å². The van der Waals surface area contributed by atoms with Crippen LogP contribution in [0, 0.1) is 5.92 Å². The summed E-state index contributed by atoms with van der Waals surface area (Å²) in [6.07, 6.45) is 7.56. The summed E-state index contributed by atoms with van der Waals surface area (Å²) in [7, 11) is 0. The first-order valence-corrected chi connectivity index (χ1v) is 12.3. The number of hydrogen-bond acceptors (Lipinski definition) is 3. The van der Waals surface area contributed by atoms with Crippen molar-refractivity contribution in [2.45, 2.75) is 77.8 Å². The predicted octanol–water partition coefficient (Wildman–Crippen LogP) is 6.36. The molecule has 0 saturated heterocycles. The van der Waals surface area contributed by atoms with Gasteiger partial charge in [0.25, 0.3) is 5.91 Å². The molecule has 0 bridgehead atoms. The number of nitrogens with zero attached hydrogens (tertiary/aromatic N) is 2. The maximum atomic E-state index is 12.9. The summed E-state index contributed by atoms with van der Waals surface area (Å²) in [5.74, 6) is 1.92. The molecule has 1 fully saturated rings. The molecule has 0 spiro atoms. The van der Waals surface area contributed by atoms with E-state index in [0.29, 0.717) is 12.1 Å². The van der Waals surface area contributed by atoms with Crippen molar-refractivity contribution in [3.05, 3.63) is 52.0 Å². The fourth-order valence-corrected chi connectivity index (χ4v) is 5.42. The van der Waals surface area contributed by atoms with Crippen molar-refractivity contribution < 1.29 is 4.79 Å². The maximum Gasteiger partial charge on any atom is 0.251 e. The summed E-state index contributed by atoms with van der Waals surface area (Å²) in [6.45, 7) is 6.78. The van der Waals surface area contributed by atoms with Crippen LogP contribution in [0.3, 0.4) is 0 Å². The van der Waals surface area contributed by atoms with Crippen LogP contribution in [0.5, 0.6) is 0 Å². The Balaban J connectivity index is 1.62. The van der Waals surface area contributed by atoms with Crippen LogP contribution in [0.1, 0.15) is 86.4 Å². The standard InChI is InChI=1S/C25H33N3OS/c1-4-20(5-2)28-23-13-10-18(25(29)26-19-11-8-17(3)9-12-19)15-22(23)27-24(28)16-21-7-6-14-30-21/h6-7,10,13-15,17,19-20H,4-5,8-9,11-12,16H2,1-3H3,(H,26,29). The van der Waals surface area contributed by atoms with Gasteiger partial charge in [-0.3, -0.25) is 4.79 Å². The Hall–Kier alpha value is -2.14. The molecule has 4 nitrogen and oxygen atoms in total. The zero-order valence-electron chi connectivity index (χ0n) is 18.4. The number of amides is 1. The van der Waals surface area contributed by atoms with Crippen LogP contribution in [0.25, 0.3) is 11.0 Å². The van der Waals surface area contributed by atoms with E-state index in [2.05, 4.69) is 54.2 Å². The Morgan fingerprint density at radius 2 is 1.97 bits per heavy atom. The van der Waals surface area contributed by atoms with Gasteiger partial charge in [-0.2, -0.15) is 0 Å². The van der Waals surface area contributed by atoms with Crippen molar-refractivity contribution in [2.75, 3.05) is 0 Å². The zero-order valence-corrected chi connectivity index (χ0v) is 19.2. The fraction of sp³-hybridized carbons (Fsp3) is 0.520. The average Bonchev–Trinajstić information content (AvgIpc) is 3.38. The van der Waals surface area contributed by atoms with Gasteiger partial charge in [-0.25, -0.2) is 4.98 Å². The molecule has 160 valence electrons. The minimum Gasteiger partial charge on any atom is -0.349 e. The molecule has 1 aromatic carbocycles. The van der Waals surface area contributed by atoms with Gasteiger partial charge in [0.15, 0.2) is 0 Å². The molecule has 1 saturated carbocycles. The van der Waals surface area contributed by atoms with Crippen molar-refractivity contribution in [2.24, 2.45) is 5.92 Å². The summed E-state index contributed by atoms with van der Waals surface area (Å²) in [6, 6.07) is 11.0. The third kappa shape index (κ3) is 4.46. The molecule has 1 aliphatic rings. The highest BCUT2D eigenvalue weighted by Gasteiger charge is 2.22. The number of thiophene rings is 1. The summed E-state index contributed by atoms with van der Waals surface area (Å²) < 4.78 is 2.40. The fourth-order valence-electron chi connectivity index (χ4n) is 4.72. The first-order valence-electron chi connectivity index (χ1n) is 11.4. The normalized spacial score (nSPS) is 19.5. The van der Waals surface area contributed by atoms with E-state index >= 15 is 0 Å². The Morgan fingerprint density at radius 1 is 1.20 bits per heavy atom. The Kier molecular flexibility index (Phi) is 6.57. The first-order chi connectivity index (χ1) is 14.6. The number of rotatable bonds is 7. The molecule has 0 radical (unpaired) electrons. The topological polar surface area (TPSA) is 46.9 Å². The van der Waals surface area contributed by atoms with Crippen molar-refractivity contribution in [1.82, 2.24) is 14.9 Å². The van der Waals surface area contributed by atoms with Crippen molar-refractivity contribution >= 4 is 28.3 Å².